The summed E-state index contributed by atoms with van der Waals surface area (Å²) in [6.45, 7) is 11.4. The van der Waals surface area contributed by atoms with Gasteiger partial charge in [0, 0.05) is 24.0 Å². The molecule has 0 aromatic heterocycles. The monoisotopic (exact) mass is 486 g/mol. The summed E-state index contributed by atoms with van der Waals surface area (Å²) in [7, 11) is 0. The molecule has 2 aromatic carbocycles. The Labute approximate surface area is 195 Å². The van der Waals surface area contributed by atoms with Crippen molar-refractivity contribution in [3.05, 3.63) is 69.7 Å². The third-order valence-electron chi connectivity index (χ3n) is 5.41. The van der Waals surface area contributed by atoms with Crippen molar-refractivity contribution in [1.82, 2.24) is 10.2 Å². The summed E-state index contributed by atoms with van der Waals surface area (Å²) in [6, 6.07) is 15.8. The van der Waals surface area contributed by atoms with Crippen molar-refractivity contribution in [1.29, 1.82) is 0 Å². The molecule has 0 aliphatic rings. The fourth-order valence-electron chi connectivity index (χ4n) is 3.38. The topological polar surface area (TPSA) is 49.4 Å². The van der Waals surface area contributed by atoms with Crippen molar-refractivity contribution < 1.29 is 9.59 Å². The van der Waals surface area contributed by atoms with Crippen LogP contribution in [0.5, 0.6) is 0 Å². The quantitative estimate of drug-likeness (QED) is 0.499. The first-order valence-corrected chi connectivity index (χ1v) is 11.8. The van der Waals surface area contributed by atoms with Crippen LogP contribution >= 0.6 is 15.9 Å². The lowest BCUT2D eigenvalue weighted by atomic mass is 9.86. The summed E-state index contributed by atoms with van der Waals surface area (Å²) >= 11 is 3.49. The van der Waals surface area contributed by atoms with Crippen molar-refractivity contribution in [2.24, 2.45) is 0 Å². The highest BCUT2D eigenvalue weighted by atomic mass is 79.9. The van der Waals surface area contributed by atoms with E-state index in [0.29, 0.717) is 25.9 Å². The molecule has 1 atom stereocenters. The van der Waals surface area contributed by atoms with Crippen molar-refractivity contribution in [3.63, 3.8) is 0 Å². The van der Waals surface area contributed by atoms with Gasteiger partial charge in [-0.3, -0.25) is 9.59 Å². The Balaban J connectivity index is 2.12. The summed E-state index contributed by atoms with van der Waals surface area (Å²) in [4.78, 5) is 27.5. The number of hydrogen-bond donors (Lipinski definition) is 1. The smallest absolute Gasteiger partial charge is 0.242 e. The van der Waals surface area contributed by atoms with E-state index < -0.39 is 6.04 Å². The molecule has 0 radical (unpaired) electrons. The Morgan fingerprint density at radius 1 is 1.06 bits per heavy atom. The zero-order valence-electron chi connectivity index (χ0n) is 19.4. The Kier molecular flexibility index (Phi) is 9.30. The fourth-order valence-corrected chi connectivity index (χ4v) is 3.82. The Bertz CT molecular complexity index is 872. The van der Waals surface area contributed by atoms with Gasteiger partial charge in [-0.05, 0) is 54.0 Å². The van der Waals surface area contributed by atoms with Gasteiger partial charge in [0.15, 0.2) is 0 Å². The zero-order valence-corrected chi connectivity index (χ0v) is 21.0. The molecule has 0 fully saturated rings. The third kappa shape index (κ3) is 7.80. The van der Waals surface area contributed by atoms with Gasteiger partial charge in [0.2, 0.25) is 11.8 Å². The zero-order chi connectivity index (χ0) is 23.0. The van der Waals surface area contributed by atoms with E-state index in [0.717, 1.165) is 22.0 Å². The minimum Gasteiger partial charge on any atom is -0.354 e. The van der Waals surface area contributed by atoms with Gasteiger partial charge in [0.25, 0.3) is 0 Å². The Morgan fingerprint density at radius 3 is 2.32 bits per heavy atom. The molecule has 1 N–H and O–H groups in total. The summed E-state index contributed by atoms with van der Waals surface area (Å²) in [5, 5.41) is 2.92. The highest BCUT2D eigenvalue weighted by Crippen LogP contribution is 2.23. The summed E-state index contributed by atoms with van der Waals surface area (Å²) < 4.78 is 0.958. The van der Waals surface area contributed by atoms with E-state index in [1.54, 1.807) is 11.8 Å². The van der Waals surface area contributed by atoms with Crippen molar-refractivity contribution >= 4 is 27.7 Å². The van der Waals surface area contributed by atoms with Crippen LogP contribution in [0.3, 0.4) is 0 Å². The molecule has 4 nitrogen and oxygen atoms in total. The second-order valence-corrected chi connectivity index (χ2v) is 9.98. The molecule has 0 heterocycles. The molecule has 0 aliphatic heterocycles. The maximum absolute atomic E-state index is 13.2. The molecule has 0 saturated carbocycles. The van der Waals surface area contributed by atoms with Crippen LogP contribution in [0.4, 0.5) is 0 Å². The van der Waals surface area contributed by atoms with Crippen molar-refractivity contribution in [3.8, 4) is 0 Å². The van der Waals surface area contributed by atoms with Gasteiger partial charge in [-0.1, -0.05) is 80.0 Å². The second-order valence-electron chi connectivity index (χ2n) is 9.07. The number of carbonyl (C=O) groups is 2. The highest BCUT2D eigenvalue weighted by Gasteiger charge is 2.25. The van der Waals surface area contributed by atoms with Gasteiger partial charge in [-0.2, -0.15) is 0 Å². The van der Waals surface area contributed by atoms with Crippen LogP contribution in [0.1, 0.15) is 64.2 Å². The minimum atomic E-state index is -0.527. The number of carbonyl (C=O) groups excluding carboxylic acids is 2. The first-order chi connectivity index (χ1) is 14.6. The lowest BCUT2D eigenvalue weighted by Gasteiger charge is -2.29. The lowest BCUT2D eigenvalue weighted by molar-refractivity contribution is -0.140. The maximum Gasteiger partial charge on any atom is 0.242 e. The summed E-state index contributed by atoms with van der Waals surface area (Å²) in [6.07, 6.45) is 1.89. The third-order valence-corrected chi connectivity index (χ3v) is 5.90. The number of rotatable bonds is 9. The Morgan fingerprint density at radius 2 is 1.74 bits per heavy atom. The van der Waals surface area contributed by atoms with E-state index in [1.807, 2.05) is 31.2 Å². The normalized spacial score (nSPS) is 12.3. The standard InChI is InChI=1S/C26H35BrN2O2/c1-6-16-28-25(31)19(2)29(18-21-8-7-9-23(27)17-21)24(30)15-12-20-10-13-22(14-11-20)26(3,4)5/h7-11,13-14,17,19H,6,12,15-16,18H2,1-5H3,(H,28,31). The molecule has 5 heteroatoms. The number of nitrogens with zero attached hydrogens (tertiary/aromatic N) is 1. The van der Waals surface area contributed by atoms with E-state index in [1.165, 1.54) is 5.56 Å². The van der Waals surface area contributed by atoms with E-state index in [-0.39, 0.29) is 17.2 Å². The molecule has 2 rings (SSSR count). The van der Waals surface area contributed by atoms with E-state index >= 15 is 0 Å². The van der Waals surface area contributed by atoms with Crippen LogP contribution in [-0.2, 0) is 28.0 Å². The first-order valence-electron chi connectivity index (χ1n) is 11.0. The molecule has 2 aromatic rings. The SMILES string of the molecule is CCCNC(=O)C(C)N(Cc1cccc(Br)c1)C(=O)CCc1ccc(C(C)(C)C)cc1. The van der Waals surface area contributed by atoms with Crippen LogP contribution in [0.2, 0.25) is 0 Å². The highest BCUT2D eigenvalue weighted by molar-refractivity contribution is 9.10. The molecule has 0 spiro atoms. The largest absolute Gasteiger partial charge is 0.354 e. The van der Waals surface area contributed by atoms with E-state index in [2.05, 4.69) is 66.3 Å². The van der Waals surface area contributed by atoms with Crippen LogP contribution in [0.15, 0.2) is 53.0 Å². The number of benzene rings is 2. The van der Waals surface area contributed by atoms with Crippen LogP contribution < -0.4 is 5.32 Å². The average Bonchev–Trinajstić information content (AvgIpc) is 2.73. The number of aryl methyl sites for hydroxylation is 1. The molecule has 0 saturated heterocycles. The average molecular weight is 487 g/mol. The number of hydrogen-bond acceptors (Lipinski definition) is 2. The molecule has 31 heavy (non-hydrogen) atoms. The van der Waals surface area contributed by atoms with Gasteiger partial charge < -0.3 is 10.2 Å². The van der Waals surface area contributed by atoms with Gasteiger partial charge in [0.1, 0.15) is 6.04 Å². The van der Waals surface area contributed by atoms with Gasteiger partial charge >= 0.3 is 0 Å². The second kappa shape index (κ2) is 11.5. The van der Waals surface area contributed by atoms with Crippen molar-refractivity contribution in [2.45, 2.75) is 71.9 Å². The maximum atomic E-state index is 13.2. The van der Waals surface area contributed by atoms with E-state index in [4.69, 9.17) is 0 Å². The molecular formula is C26H35BrN2O2. The van der Waals surface area contributed by atoms with Crippen LogP contribution in [0, 0.1) is 0 Å². The molecule has 2 amide bonds. The van der Waals surface area contributed by atoms with E-state index in [9.17, 15) is 9.59 Å². The number of amides is 2. The predicted molar refractivity (Wildman–Crippen MR) is 131 cm³/mol. The number of halogens is 1. The lowest BCUT2D eigenvalue weighted by Crippen LogP contribution is -2.47. The summed E-state index contributed by atoms with van der Waals surface area (Å²) in [5.74, 6) is -0.126. The summed E-state index contributed by atoms with van der Waals surface area (Å²) in [5.41, 5.74) is 3.51. The molecule has 1 unspecified atom stereocenters. The molecule has 168 valence electrons. The fraction of sp³-hybridized carbons (Fsp3) is 0.462. The van der Waals surface area contributed by atoms with Crippen LogP contribution in [0.25, 0.3) is 0 Å². The number of nitrogens with one attached hydrogen (secondary N) is 1. The van der Waals surface area contributed by atoms with Crippen LogP contribution in [-0.4, -0.2) is 29.3 Å². The Hall–Kier alpha value is -2.14. The predicted octanol–water partition coefficient (Wildman–Crippen LogP) is 5.62. The van der Waals surface area contributed by atoms with Gasteiger partial charge in [-0.25, -0.2) is 0 Å². The molecule has 0 bridgehead atoms. The first kappa shape index (κ1) is 25.1. The molecule has 0 aliphatic carbocycles. The minimum absolute atomic E-state index is 0.0148. The van der Waals surface area contributed by atoms with Crippen molar-refractivity contribution in [2.75, 3.05) is 6.54 Å². The van der Waals surface area contributed by atoms with Gasteiger partial charge in [-0.15, -0.1) is 0 Å². The molecular weight excluding hydrogens is 452 g/mol. The van der Waals surface area contributed by atoms with Gasteiger partial charge in [0.05, 0.1) is 0 Å².